The SMILES string of the molecule is CCCC(O)(CCC)CNC(=NCc1cccc(OCCN2CCOCC2)c1)NCC. The molecule has 0 spiro atoms. The van der Waals surface area contributed by atoms with Gasteiger partial charge in [0.2, 0.25) is 0 Å². The summed E-state index contributed by atoms with van der Waals surface area (Å²) in [5.41, 5.74) is 0.409. The highest BCUT2D eigenvalue weighted by Crippen LogP contribution is 2.18. The molecule has 2 rings (SSSR count). The molecular weight excluding hydrogens is 392 g/mol. The Labute approximate surface area is 188 Å². The van der Waals surface area contributed by atoms with Crippen molar-refractivity contribution in [3.05, 3.63) is 29.8 Å². The van der Waals surface area contributed by atoms with Crippen molar-refractivity contribution in [1.82, 2.24) is 15.5 Å². The molecule has 1 saturated heterocycles. The van der Waals surface area contributed by atoms with Crippen LogP contribution in [0.25, 0.3) is 0 Å². The number of morpholine rings is 1. The number of guanidine groups is 1. The second-order valence-electron chi connectivity index (χ2n) is 8.22. The van der Waals surface area contributed by atoms with Crippen LogP contribution >= 0.6 is 0 Å². The summed E-state index contributed by atoms with van der Waals surface area (Å²) in [6.07, 6.45) is 3.50. The lowest BCUT2D eigenvalue weighted by Crippen LogP contribution is -2.47. The second kappa shape index (κ2) is 14.3. The summed E-state index contributed by atoms with van der Waals surface area (Å²) >= 11 is 0. The van der Waals surface area contributed by atoms with Crippen LogP contribution < -0.4 is 15.4 Å². The Kier molecular flexibility index (Phi) is 11.7. The fraction of sp³-hybridized carbons (Fsp3) is 0.708. The Morgan fingerprint density at radius 3 is 2.58 bits per heavy atom. The molecule has 1 aliphatic rings. The highest BCUT2D eigenvalue weighted by molar-refractivity contribution is 5.79. The number of rotatable bonds is 13. The molecule has 0 aromatic heterocycles. The zero-order chi connectivity index (χ0) is 22.4. The van der Waals surface area contributed by atoms with E-state index < -0.39 is 5.60 Å². The first-order chi connectivity index (χ1) is 15.1. The third-order valence-corrected chi connectivity index (χ3v) is 5.46. The Morgan fingerprint density at radius 2 is 1.90 bits per heavy atom. The van der Waals surface area contributed by atoms with Gasteiger partial charge in [-0.2, -0.15) is 0 Å². The van der Waals surface area contributed by atoms with Crippen LogP contribution in [-0.4, -0.2) is 74.1 Å². The van der Waals surface area contributed by atoms with Crippen molar-refractivity contribution in [3.63, 3.8) is 0 Å². The van der Waals surface area contributed by atoms with Crippen LogP contribution in [0.1, 0.15) is 52.0 Å². The molecule has 7 heteroatoms. The number of ether oxygens (including phenoxy) is 2. The van der Waals surface area contributed by atoms with Crippen molar-refractivity contribution in [3.8, 4) is 5.75 Å². The predicted octanol–water partition coefficient (Wildman–Crippen LogP) is 2.78. The van der Waals surface area contributed by atoms with Crippen LogP contribution in [0, 0.1) is 0 Å². The van der Waals surface area contributed by atoms with Gasteiger partial charge in [0, 0.05) is 32.7 Å². The molecular formula is C24H42N4O3. The van der Waals surface area contributed by atoms with Crippen molar-refractivity contribution in [2.45, 2.75) is 58.6 Å². The van der Waals surface area contributed by atoms with Crippen LogP contribution in [0.15, 0.2) is 29.3 Å². The lowest BCUT2D eigenvalue weighted by Gasteiger charge is -2.28. The lowest BCUT2D eigenvalue weighted by molar-refractivity contribution is 0.0257. The summed E-state index contributed by atoms with van der Waals surface area (Å²) in [6, 6.07) is 8.12. The molecule has 0 atom stereocenters. The van der Waals surface area contributed by atoms with Gasteiger partial charge in [-0.05, 0) is 37.5 Å². The smallest absolute Gasteiger partial charge is 0.191 e. The largest absolute Gasteiger partial charge is 0.492 e. The number of nitrogens with zero attached hydrogens (tertiary/aromatic N) is 2. The van der Waals surface area contributed by atoms with Gasteiger partial charge in [0.15, 0.2) is 5.96 Å². The van der Waals surface area contributed by atoms with Gasteiger partial charge in [0.25, 0.3) is 0 Å². The molecule has 1 heterocycles. The van der Waals surface area contributed by atoms with Gasteiger partial charge in [0.1, 0.15) is 12.4 Å². The van der Waals surface area contributed by atoms with Gasteiger partial charge >= 0.3 is 0 Å². The molecule has 1 aliphatic heterocycles. The van der Waals surface area contributed by atoms with Crippen LogP contribution in [0.5, 0.6) is 5.75 Å². The minimum atomic E-state index is -0.687. The Hall–Kier alpha value is -1.83. The maximum Gasteiger partial charge on any atom is 0.191 e. The summed E-state index contributed by atoms with van der Waals surface area (Å²) < 4.78 is 11.3. The first kappa shape index (κ1) is 25.4. The van der Waals surface area contributed by atoms with E-state index in [9.17, 15) is 5.11 Å². The maximum absolute atomic E-state index is 10.9. The zero-order valence-electron chi connectivity index (χ0n) is 19.7. The monoisotopic (exact) mass is 434 g/mol. The van der Waals surface area contributed by atoms with Crippen molar-refractivity contribution in [2.24, 2.45) is 4.99 Å². The highest BCUT2D eigenvalue weighted by Gasteiger charge is 2.24. The molecule has 0 radical (unpaired) electrons. The molecule has 1 fully saturated rings. The van der Waals surface area contributed by atoms with Gasteiger partial charge in [-0.3, -0.25) is 4.90 Å². The molecule has 7 nitrogen and oxygen atoms in total. The van der Waals surface area contributed by atoms with Gasteiger partial charge < -0.3 is 25.2 Å². The molecule has 0 unspecified atom stereocenters. The third kappa shape index (κ3) is 9.89. The van der Waals surface area contributed by atoms with Crippen LogP contribution in [0.2, 0.25) is 0 Å². The number of benzene rings is 1. The van der Waals surface area contributed by atoms with E-state index in [0.717, 1.165) is 82.3 Å². The van der Waals surface area contributed by atoms with Crippen LogP contribution in [-0.2, 0) is 11.3 Å². The molecule has 31 heavy (non-hydrogen) atoms. The molecule has 176 valence electrons. The minimum Gasteiger partial charge on any atom is -0.492 e. The standard InChI is InChI=1S/C24H42N4O3/c1-4-10-24(29,11-5-2)20-27-23(25-6-3)26-19-21-8-7-9-22(18-21)31-17-14-28-12-15-30-16-13-28/h7-9,18,29H,4-6,10-17,19-20H2,1-3H3,(H2,25,26,27). The topological polar surface area (TPSA) is 78.3 Å². The normalized spacial score (nSPS) is 15.7. The molecule has 0 bridgehead atoms. The molecule has 1 aromatic carbocycles. The van der Waals surface area contributed by atoms with Gasteiger partial charge in [-0.25, -0.2) is 4.99 Å². The number of hydrogen-bond acceptors (Lipinski definition) is 5. The predicted molar refractivity (Wildman–Crippen MR) is 127 cm³/mol. The molecule has 0 saturated carbocycles. The first-order valence-corrected chi connectivity index (χ1v) is 11.8. The molecule has 0 amide bonds. The number of nitrogens with one attached hydrogen (secondary N) is 2. The zero-order valence-corrected chi connectivity index (χ0v) is 19.7. The fourth-order valence-corrected chi connectivity index (χ4v) is 3.84. The van der Waals surface area contributed by atoms with Gasteiger partial charge in [0.05, 0.1) is 25.4 Å². The second-order valence-corrected chi connectivity index (χ2v) is 8.22. The highest BCUT2D eigenvalue weighted by atomic mass is 16.5. The number of hydrogen-bond donors (Lipinski definition) is 3. The van der Waals surface area contributed by atoms with Crippen molar-refractivity contribution >= 4 is 5.96 Å². The van der Waals surface area contributed by atoms with E-state index in [0.29, 0.717) is 19.7 Å². The number of aliphatic imine (C=N–C) groups is 1. The van der Waals surface area contributed by atoms with Crippen molar-refractivity contribution < 1.29 is 14.6 Å². The van der Waals surface area contributed by atoms with E-state index in [1.165, 1.54) is 0 Å². The van der Waals surface area contributed by atoms with E-state index in [2.05, 4.69) is 41.5 Å². The Bertz CT molecular complexity index is 641. The van der Waals surface area contributed by atoms with E-state index in [-0.39, 0.29) is 0 Å². The summed E-state index contributed by atoms with van der Waals surface area (Å²) in [5, 5.41) is 17.5. The van der Waals surface area contributed by atoms with Crippen molar-refractivity contribution in [1.29, 1.82) is 0 Å². The molecule has 1 aromatic rings. The molecule has 0 aliphatic carbocycles. The van der Waals surface area contributed by atoms with E-state index >= 15 is 0 Å². The summed E-state index contributed by atoms with van der Waals surface area (Å²) in [6.45, 7) is 13.2. The maximum atomic E-state index is 10.9. The average molecular weight is 435 g/mol. The van der Waals surface area contributed by atoms with E-state index in [4.69, 9.17) is 14.5 Å². The summed E-state index contributed by atoms with van der Waals surface area (Å²) in [4.78, 5) is 7.07. The summed E-state index contributed by atoms with van der Waals surface area (Å²) in [7, 11) is 0. The molecule has 3 N–H and O–H groups in total. The third-order valence-electron chi connectivity index (χ3n) is 5.46. The fourth-order valence-electron chi connectivity index (χ4n) is 3.84. The van der Waals surface area contributed by atoms with Gasteiger partial charge in [-0.1, -0.05) is 38.8 Å². The van der Waals surface area contributed by atoms with Gasteiger partial charge in [-0.15, -0.1) is 0 Å². The Morgan fingerprint density at radius 1 is 1.16 bits per heavy atom. The van der Waals surface area contributed by atoms with Crippen LogP contribution in [0.4, 0.5) is 0 Å². The van der Waals surface area contributed by atoms with E-state index in [1.807, 2.05) is 19.1 Å². The van der Waals surface area contributed by atoms with E-state index in [1.54, 1.807) is 0 Å². The van der Waals surface area contributed by atoms with Crippen LogP contribution in [0.3, 0.4) is 0 Å². The Balaban J connectivity index is 1.87. The summed E-state index contributed by atoms with van der Waals surface area (Å²) in [5.74, 6) is 1.60. The average Bonchev–Trinajstić information content (AvgIpc) is 2.77. The minimum absolute atomic E-state index is 0.505. The quantitative estimate of drug-likeness (QED) is 0.327. The first-order valence-electron chi connectivity index (χ1n) is 11.8. The lowest BCUT2D eigenvalue weighted by atomic mass is 9.93. The number of aliphatic hydroxyl groups is 1. The van der Waals surface area contributed by atoms with Crippen molar-refractivity contribution in [2.75, 3.05) is 52.5 Å².